The van der Waals surface area contributed by atoms with E-state index in [2.05, 4.69) is 28.0 Å². The van der Waals surface area contributed by atoms with Crippen LogP contribution in [-0.2, 0) is 19.5 Å². The van der Waals surface area contributed by atoms with Gasteiger partial charge in [0.05, 0.1) is 0 Å². The standard InChI is InChI=1S/C20H28N6O2/c1-5-26-16-10-11-21-13(2)17(16)18(24-26)19(27)22-12-14-6-8-15(9-7-14)23-20(28)25(3)4/h6-9,13,21H,5,10-12H2,1-4H3,(H,22,27)(H,23,28). The van der Waals surface area contributed by atoms with E-state index in [1.165, 1.54) is 4.90 Å². The second kappa shape index (κ2) is 8.43. The highest BCUT2D eigenvalue weighted by Gasteiger charge is 2.28. The third-order valence-electron chi connectivity index (χ3n) is 4.92. The predicted octanol–water partition coefficient (Wildman–Crippen LogP) is 2.13. The molecule has 8 heteroatoms. The molecule has 2 aromatic rings. The lowest BCUT2D eigenvalue weighted by molar-refractivity contribution is 0.0943. The Kier molecular flexibility index (Phi) is 5.99. The van der Waals surface area contributed by atoms with Crippen LogP contribution in [-0.4, -0.2) is 47.3 Å². The number of fused-ring (bicyclic) bond motifs is 1. The number of carbonyl (C=O) groups is 2. The molecule has 1 atom stereocenters. The summed E-state index contributed by atoms with van der Waals surface area (Å²) in [5.74, 6) is -0.163. The number of aromatic nitrogens is 2. The van der Waals surface area contributed by atoms with E-state index < -0.39 is 0 Å². The molecule has 0 fully saturated rings. The summed E-state index contributed by atoms with van der Waals surface area (Å²) in [5.41, 5.74) is 4.33. The summed E-state index contributed by atoms with van der Waals surface area (Å²) in [7, 11) is 3.38. The first-order valence-corrected chi connectivity index (χ1v) is 9.59. The van der Waals surface area contributed by atoms with Gasteiger partial charge in [0.2, 0.25) is 0 Å². The second-order valence-corrected chi connectivity index (χ2v) is 7.15. The van der Waals surface area contributed by atoms with Crippen molar-refractivity contribution >= 4 is 17.6 Å². The molecule has 0 radical (unpaired) electrons. The molecule has 2 heterocycles. The fourth-order valence-electron chi connectivity index (χ4n) is 3.38. The van der Waals surface area contributed by atoms with Crippen molar-refractivity contribution in [3.8, 4) is 0 Å². The molecular formula is C20H28N6O2. The molecular weight excluding hydrogens is 356 g/mol. The second-order valence-electron chi connectivity index (χ2n) is 7.15. The molecule has 3 rings (SSSR count). The van der Waals surface area contributed by atoms with Crippen LogP contribution in [0, 0.1) is 0 Å². The van der Waals surface area contributed by atoms with Gasteiger partial charge < -0.3 is 20.9 Å². The molecule has 0 spiro atoms. The maximum absolute atomic E-state index is 12.8. The molecule has 1 aliphatic rings. The lowest BCUT2D eigenvalue weighted by Gasteiger charge is -2.22. The van der Waals surface area contributed by atoms with Gasteiger partial charge in [-0.15, -0.1) is 0 Å². The van der Waals surface area contributed by atoms with Gasteiger partial charge in [-0.25, -0.2) is 4.79 Å². The Morgan fingerprint density at radius 1 is 1.29 bits per heavy atom. The van der Waals surface area contributed by atoms with Crippen LogP contribution in [0.15, 0.2) is 24.3 Å². The fourth-order valence-corrected chi connectivity index (χ4v) is 3.38. The minimum atomic E-state index is -0.180. The zero-order chi connectivity index (χ0) is 20.3. The molecule has 0 saturated heterocycles. The van der Waals surface area contributed by atoms with Crippen LogP contribution in [0.25, 0.3) is 0 Å². The number of carbonyl (C=O) groups excluding carboxylic acids is 2. The van der Waals surface area contributed by atoms with Gasteiger partial charge in [-0.3, -0.25) is 9.48 Å². The lowest BCUT2D eigenvalue weighted by atomic mass is 9.99. The number of hydrogen-bond acceptors (Lipinski definition) is 4. The van der Waals surface area contributed by atoms with Crippen LogP contribution in [0.2, 0.25) is 0 Å². The summed E-state index contributed by atoms with van der Waals surface area (Å²) >= 11 is 0. The first-order valence-electron chi connectivity index (χ1n) is 9.59. The van der Waals surface area contributed by atoms with E-state index in [1.807, 2.05) is 35.9 Å². The Labute approximate surface area is 165 Å². The number of rotatable bonds is 5. The van der Waals surface area contributed by atoms with E-state index >= 15 is 0 Å². The Hall–Kier alpha value is -2.87. The van der Waals surface area contributed by atoms with Gasteiger partial charge in [-0.1, -0.05) is 12.1 Å². The van der Waals surface area contributed by atoms with E-state index in [4.69, 9.17) is 0 Å². The lowest BCUT2D eigenvalue weighted by Crippen LogP contribution is -2.31. The smallest absolute Gasteiger partial charge is 0.321 e. The Bertz CT molecular complexity index is 856. The highest BCUT2D eigenvalue weighted by Crippen LogP contribution is 2.26. The highest BCUT2D eigenvalue weighted by atomic mass is 16.2. The number of nitrogens with one attached hydrogen (secondary N) is 3. The zero-order valence-corrected chi connectivity index (χ0v) is 16.9. The van der Waals surface area contributed by atoms with Gasteiger partial charge in [0.1, 0.15) is 0 Å². The molecule has 0 saturated carbocycles. The summed E-state index contributed by atoms with van der Waals surface area (Å²) in [5, 5.41) is 13.7. The van der Waals surface area contributed by atoms with Crippen molar-refractivity contribution in [2.24, 2.45) is 0 Å². The highest BCUT2D eigenvalue weighted by molar-refractivity contribution is 5.94. The summed E-state index contributed by atoms with van der Waals surface area (Å²) in [6.07, 6.45) is 0.883. The molecule has 3 amide bonds. The molecule has 1 aromatic carbocycles. The summed E-state index contributed by atoms with van der Waals surface area (Å²) < 4.78 is 1.93. The van der Waals surface area contributed by atoms with Crippen molar-refractivity contribution < 1.29 is 9.59 Å². The topological polar surface area (TPSA) is 91.3 Å². The summed E-state index contributed by atoms with van der Waals surface area (Å²) in [6, 6.07) is 7.35. The molecule has 28 heavy (non-hydrogen) atoms. The third-order valence-corrected chi connectivity index (χ3v) is 4.92. The van der Waals surface area contributed by atoms with E-state index in [9.17, 15) is 9.59 Å². The molecule has 1 aliphatic heterocycles. The molecule has 150 valence electrons. The van der Waals surface area contributed by atoms with Crippen molar-refractivity contribution in [1.82, 2.24) is 25.3 Å². The Morgan fingerprint density at radius 2 is 2.00 bits per heavy atom. The number of aryl methyl sites for hydroxylation is 1. The van der Waals surface area contributed by atoms with Gasteiger partial charge in [0, 0.05) is 63.1 Å². The van der Waals surface area contributed by atoms with Crippen molar-refractivity contribution in [3.63, 3.8) is 0 Å². The number of urea groups is 1. The van der Waals surface area contributed by atoms with E-state index in [-0.39, 0.29) is 18.0 Å². The van der Waals surface area contributed by atoms with Crippen LogP contribution in [0.5, 0.6) is 0 Å². The van der Waals surface area contributed by atoms with Gasteiger partial charge in [-0.05, 0) is 31.5 Å². The van der Waals surface area contributed by atoms with Crippen molar-refractivity contribution in [1.29, 1.82) is 0 Å². The van der Waals surface area contributed by atoms with Crippen LogP contribution in [0.3, 0.4) is 0 Å². The minimum Gasteiger partial charge on any atom is -0.347 e. The van der Waals surface area contributed by atoms with Gasteiger partial charge in [0.15, 0.2) is 5.69 Å². The van der Waals surface area contributed by atoms with Crippen LogP contribution in [0.4, 0.5) is 10.5 Å². The molecule has 0 aliphatic carbocycles. The summed E-state index contributed by atoms with van der Waals surface area (Å²) in [4.78, 5) is 25.9. The molecule has 3 N–H and O–H groups in total. The SMILES string of the molecule is CCn1nc(C(=O)NCc2ccc(NC(=O)N(C)C)cc2)c2c1CCNC2C. The van der Waals surface area contributed by atoms with Crippen molar-refractivity contribution in [3.05, 3.63) is 46.8 Å². The van der Waals surface area contributed by atoms with Crippen LogP contribution >= 0.6 is 0 Å². The number of hydrogen-bond donors (Lipinski definition) is 3. The first kappa shape index (κ1) is 19.9. The quantitative estimate of drug-likeness (QED) is 0.737. The van der Waals surface area contributed by atoms with Crippen molar-refractivity contribution in [2.45, 2.75) is 39.4 Å². The Morgan fingerprint density at radius 3 is 2.64 bits per heavy atom. The largest absolute Gasteiger partial charge is 0.347 e. The van der Waals surface area contributed by atoms with E-state index in [0.29, 0.717) is 17.9 Å². The third kappa shape index (κ3) is 4.17. The molecule has 0 bridgehead atoms. The maximum atomic E-state index is 12.8. The number of nitrogens with zero attached hydrogens (tertiary/aromatic N) is 3. The normalized spacial score (nSPS) is 15.6. The van der Waals surface area contributed by atoms with Crippen LogP contribution in [0.1, 0.15) is 47.2 Å². The monoisotopic (exact) mass is 384 g/mol. The zero-order valence-electron chi connectivity index (χ0n) is 16.9. The summed E-state index contributed by atoms with van der Waals surface area (Å²) in [6.45, 7) is 6.16. The Balaban J connectivity index is 1.66. The predicted molar refractivity (Wildman–Crippen MR) is 108 cm³/mol. The fraction of sp³-hybridized carbons (Fsp3) is 0.450. The molecule has 1 unspecified atom stereocenters. The molecule has 8 nitrogen and oxygen atoms in total. The number of benzene rings is 1. The number of anilines is 1. The average molecular weight is 384 g/mol. The molecule has 1 aromatic heterocycles. The van der Waals surface area contributed by atoms with Crippen LogP contribution < -0.4 is 16.0 Å². The maximum Gasteiger partial charge on any atom is 0.321 e. The van der Waals surface area contributed by atoms with E-state index in [0.717, 1.165) is 36.3 Å². The van der Waals surface area contributed by atoms with E-state index in [1.54, 1.807) is 14.1 Å². The van der Waals surface area contributed by atoms with Gasteiger partial charge in [-0.2, -0.15) is 5.10 Å². The van der Waals surface area contributed by atoms with Gasteiger partial charge in [0.25, 0.3) is 5.91 Å². The number of amides is 3. The van der Waals surface area contributed by atoms with Gasteiger partial charge >= 0.3 is 6.03 Å². The minimum absolute atomic E-state index is 0.115. The first-order chi connectivity index (χ1) is 13.4. The van der Waals surface area contributed by atoms with Crippen molar-refractivity contribution in [2.75, 3.05) is 26.0 Å². The average Bonchev–Trinajstić information content (AvgIpc) is 3.07.